The van der Waals surface area contributed by atoms with E-state index in [1.807, 2.05) is 13.8 Å². The minimum Gasteiger partial charge on any atom is -0.391 e. The molecule has 0 aromatic carbocycles. The van der Waals surface area contributed by atoms with E-state index >= 15 is 0 Å². The van der Waals surface area contributed by atoms with Crippen LogP contribution < -0.4 is 0 Å². The normalized spacial score (nSPS) is 23.2. The van der Waals surface area contributed by atoms with Crippen LogP contribution in [0.4, 0.5) is 0 Å². The van der Waals surface area contributed by atoms with Crippen molar-refractivity contribution in [1.82, 2.24) is 19.5 Å². The van der Waals surface area contributed by atoms with E-state index in [4.69, 9.17) is 0 Å². The van der Waals surface area contributed by atoms with Gasteiger partial charge in [0.1, 0.15) is 5.82 Å². The Hall–Kier alpha value is -1.95. The average molecular weight is 274 g/mol. The third kappa shape index (κ3) is 2.16. The molecule has 2 aromatic heterocycles. The first-order valence-corrected chi connectivity index (χ1v) is 6.85. The average Bonchev–Trinajstić information content (AvgIpc) is 2.82. The Kier molecular flexibility index (Phi) is 3.17. The molecule has 0 spiro atoms. The molecule has 6 heteroatoms. The maximum atomic E-state index is 12.5. The number of pyridine rings is 1. The van der Waals surface area contributed by atoms with Gasteiger partial charge in [0.2, 0.25) is 0 Å². The lowest BCUT2D eigenvalue weighted by molar-refractivity contribution is 0.0248. The fraction of sp³-hybridized carbons (Fsp3) is 0.500. The van der Waals surface area contributed by atoms with E-state index in [9.17, 15) is 9.90 Å². The van der Waals surface area contributed by atoms with Crippen molar-refractivity contribution in [3.8, 4) is 0 Å². The number of β-amino-alcohol motifs (C(OH)–C–C–N with tert-alkyl or cyclic N) is 1. The van der Waals surface area contributed by atoms with Gasteiger partial charge in [-0.15, -0.1) is 10.2 Å². The van der Waals surface area contributed by atoms with Crippen molar-refractivity contribution in [2.24, 2.45) is 5.92 Å². The lowest BCUT2D eigenvalue weighted by atomic mass is 9.95. The molecule has 0 aliphatic carbocycles. The third-order valence-electron chi connectivity index (χ3n) is 4.03. The van der Waals surface area contributed by atoms with Crippen molar-refractivity contribution < 1.29 is 9.90 Å². The molecular formula is C14H18N4O2. The fourth-order valence-electron chi connectivity index (χ4n) is 2.55. The van der Waals surface area contributed by atoms with Crippen LogP contribution in [0.3, 0.4) is 0 Å². The van der Waals surface area contributed by atoms with Crippen LogP contribution in [-0.4, -0.2) is 49.7 Å². The number of aliphatic hydroxyl groups excluding tert-OH is 1. The number of piperidine rings is 1. The summed E-state index contributed by atoms with van der Waals surface area (Å²) in [6.07, 6.45) is 2.16. The summed E-state index contributed by atoms with van der Waals surface area (Å²) in [5.74, 6) is 0.953. The maximum Gasteiger partial charge on any atom is 0.255 e. The van der Waals surface area contributed by atoms with Crippen LogP contribution in [0.15, 0.2) is 18.3 Å². The Morgan fingerprint density at radius 1 is 1.40 bits per heavy atom. The van der Waals surface area contributed by atoms with Crippen LogP contribution in [0.25, 0.3) is 5.65 Å². The SMILES string of the molecule is Cc1nnc2ccc(C(=O)N3CCC(C)C(O)C3)cn12. The number of aromatic nitrogens is 3. The second kappa shape index (κ2) is 4.86. The van der Waals surface area contributed by atoms with Crippen LogP contribution >= 0.6 is 0 Å². The summed E-state index contributed by atoms with van der Waals surface area (Å²) in [4.78, 5) is 14.2. The van der Waals surface area contributed by atoms with Crippen LogP contribution in [-0.2, 0) is 0 Å². The van der Waals surface area contributed by atoms with Crippen molar-refractivity contribution in [3.05, 3.63) is 29.7 Å². The van der Waals surface area contributed by atoms with E-state index in [0.717, 1.165) is 17.9 Å². The first kappa shape index (κ1) is 13.1. The van der Waals surface area contributed by atoms with Crippen molar-refractivity contribution in [3.63, 3.8) is 0 Å². The van der Waals surface area contributed by atoms with Crippen LogP contribution in [0.5, 0.6) is 0 Å². The Bertz CT molecular complexity index is 652. The molecule has 6 nitrogen and oxygen atoms in total. The van der Waals surface area contributed by atoms with Gasteiger partial charge in [0, 0.05) is 19.3 Å². The van der Waals surface area contributed by atoms with Gasteiger partial charge in [-0.25, -0.2) is 0 Å². The highest BCUT2D eigenvalue weighted by atomic mass is 16.3. The first-order chi connectivity index (χ1) is 9.56. The van der Waals surface area contributed by atoms with E-state index in [1.165, 1.54) is 0 Å². The van der Waals surface area contributed by atoms with Crippen LogP contribution in [0, 0.1) is 12.8 Å². The van der Waals surface area contributed by atoms with E-state index in [2.05, 4.69) is 10.2 Å². The highest BCUT2D eigenvalue weighted by Gasteiger charge is 2.28. The zero-order valence-corrected chi connectivity index (χ0v) is 11.7. The molecule has 0 bridgehead atoms. The summed E-state index contributed by atoms with van der Waals surface area (Å²) >= 11 is 0. The Morgan fingerprint density at radius 3 is 2.95 bits per heavy atom. The number of nitrogens with zero attached hydrogens (tertiary/aromatic N) is 4. The van der Waals surface area contributed by atoms with E-state index in [0.29, 0.717) is 18.7 Å². The van der Waals surface area contributed by atoms with Crippen LogP contribution in [0.1, 0.15) is 29.5 Å². The zero-order valence-electron chi connectivity index (χ0n) is 11.7. The number of hydrogen-bond acceptors (Lipinski definition) is 4. The predicted octanol–water partition coefficient (Wildman–Crippen LogP) is 0.881. The smallest absolute Gasteiger partial charge is 0.255 e. The summed E-state index contributed by atoms with van der Waals surface area (Å²) in [5, 5.41) is 17.9. The molecule has 106 valence electrons. The molecule has 20 heavy (non-hydrogen) atoms. The number of fused-ring (bicyclic) bond motifs is 1. The van der Waals surface area contributed by atoms with Gasteiger partial charge in [-0.2, -0.15) is 0 Å². The molecule has 1 amide bonds. The molecule has 1 saturated heterocycles. The quantitative estimate of drug-likeness (QED) is 0.838. The molecule has 0 saturated carbocycles. The minimum atomic E-state index is -0.437. The number of rotatable bonds is 1. The predicted molar refractivity (Wildman–Crippen MR) is 73.4 cm³/mol. The summed E-state index contributed by atoms with van der Waals surface area (Å²) in [6.45, 7) is 4.95. The van der Waals surface area contributed by atoms with Crippen molar-refractivity contribution >= 4 is 11.6 Å². The Morgan fingerprint density at radius 2 is 2.20 bits per heavy atom. The first-order valence-electron chi connectivity index (χ1n) is 6.85. The topological polar surface area (TPSA) is 70.7 Å². The van der Waals surface area contributed by atoms with Gasteiger partial charge in [-0.05, 0) is 31.4 Å². The molecule has 2 unspecified atom stereocenters. The van der Waals surface area contributed by atoms with Gasteiger partial charge in [0.15, 0.2) is 5.65 Å². The molecule has 1 N–H and O–H groups in total. The third-order valence-corrected chi connectivity index (χ3v) is 4.03. The Balaban J connectivity index is 1.86. The van der Waals surface area contributed by atoms with E-state index in [-0.39, 0.29) is 11.8 Å². The van der Waals surface area contributed by atoms with E-state index < -0.39 is 6.10 Å². The number of hydrogen-bond donors (Lipinski definition) is 1. The number of amides is 1. The summed E-state index contributed by atoms with van der Waals surface area (Å²) in [5.41, 5.74) is 1.33. The fourth-order valence-corrected chi connectivity index (χ4v) is 2.55. The molecule has 0 radical (unpaired) electrons. The molecule has 1 aliphatic rings. The summed E-state index contributed by atoms with van der Waals surface area (Å²) in [6, 6.07) is 3.55. The monoisotopic (exact) mass is 274 g/mol. The molecule has 2 atom stereocenters. The molecule has 3 heterocycles. The van der Waals surface area contributed by atoms with Gasteiger partial charge < -0.3 is 10.0 Å². The number of likely N-dealkylation sites (tertiary alicyclic amines) is 1. The Labute approximate surface area is 117 Å². The largest absolute Gasteiger partial charge is 0.391 e. The van der Waals surface area contributed by atoms with Crippen molar-refractivity contribution in [1.29, 1.82) is 0 Å². The molecular weight excluding hydrogens is 256 g/mol. The highest BCUT2D eigenvalue weighted by Crippen LogP contribution is 2.19. The second-order valence-electron chi connectivity index (χ2n) is 5.48. The lowest BCUT2D eigenvalue weighted by Crippen LogP contribution is -2.45. The molecule has 2 aromatic rings. The number of aryl methyl sites for hydroxylation is 1. The lowest BCUT2D eigenvalue weighted by Gasteiger charge is -2.34. The van der Waals surface area contributed by atoms with E-state index in [1.54, 1.807) is 27.6 Å². The second-order valence-corrected chi connectivity index (χ2v) is 5.48. The van der Waals surface area contributed by atoms with Crippen LogP contribution in [0.2, 0.25) is 0 Å². The molecule has 3 rings (SSSR count). The summed E-state index contributed by atoms with van der Waals surface area (Å²) < 4.78 is 1.80. The molecule has 1 aliphatic heterocycles. The van der Waals surface area contributed by atoms with Gasteiger partial charge in [0.25, 0.3) is 5.91 Å². The van der Waals surface area contributed by atoms with Gasteiger partial charge in [0.05, 0.1) is 11.7 Å². The minimum absolute atomic E-state index is 0.0500. The van der Waals surface area contributed by atoms with Gasteiger partial charge in [-0.3, -0.25) is 9.20 Å². The summed E-state index contributed by atoms with van der Waals surface area (Å²) in [7, 11) is 0. The zero-order chi connectivity index (χ0) is 14.3. The number of carbonyl (C=O) groups excluding carboxylic acids is 1. The van der Waals surface area contributed by atoms with Crippen molar-refractivity contribution in [2.45, 2.75) is 26.4 Å². The van der Waals surface area contributed by atoms with Gasteiger partial charge in [-0.1, -0.05) is 6.92 Å². The number of carbonyl (C=O) groups is 1. The highest BCUT2D eigenvalue weighted by molar-refractivity contribution is 5.94. The number of aliphatic hydroxyl groups is 1. The van der Waals surface area contributed by atoms with Gasteiger partial charge >= 0.3 is 0 Å². The van der Waals surface area contributed by atoms with Crippen molar-refractivity contribution in [2.75, 3.05) is 13.1 Å². The molecule has 1 fully saturated rings. The standard InChI is InChI=1S/C14H18N4O2/c1-9-5-6-17(8-12(9)19)14(20)11-3-4-13-16-15-10(2)18(13)7-11/h3-4,7,9,12,19H,5-6,8H2,1-2H3. The maximum absolute atomic E-state index is 12.5.